The Morgan fingerprint density at radius 2 is 1.29 bits per heavy atom. The van der Waals surface area contributed by atoms with Gasteiger partial charge in [-0.05, 0) is 79.1 Å². The molecule has 0 aliphatic rings. The number of nitrogens with zero attached hydrogens (tertiary/aromatic N) is 2. The summed E-state index contributed by atoms with van der Waals surface area (Å²) >= 11 is 0. The van der Waals surface area contributed by atoms with Gasteiger partial charge in [0, 0.05) is 35.5 Å². The minimum atomic E-state index is -1.38. The number of hydrogen-bond donors (Lipinski definition) is 2. The van der Waals surface area contributed by atoms with E-state index in [-0.39, 0.29) is 18.4 Å². The summed E-state index contributed by atoms with van der Waals surface area (Å²) in [5.74, 6) is -1.30. The summed E-state index contributed by atoms with van der Waals surface area (Å²) in [5.41, 5.74) is 4.48. The minimum Gasteiger partial charge on any atom is -0.494 e. The molecule has 63 heavy (non-hydrogen) atoms. The summed E-state index contributed by atoms with van der Waals surface area (Å²) in [4.78, 5) is 63.6. The fourth-order valence-corrected chi connectivity index (χ4v) is 6.67. The number of esters is 2. The number of carbonyl (C=O) groups is 4. The zero-order chi connectivity index (χ0) is 45.4. The molecule has 2 amide bonds. The van der Waals surface area contributed by atoms with Crippen LogP contribution < -0.4 is 15.4 Å². The van der Waals surface area contributed by atoms with Crippen LogP contribution in [0.15, 0.2) is 116 Å². The lowest BCUT2D eigenvalue weighted by atomic mass is 9.86. The molecule has 5 rings (SSSR count). The van der Waals surface area contributed by atoms with Gasteiger partial charge in [0.2, 0.25) is 5.91 Å². The quantitative estimate of drug-likeness (QED) is 0.0577. The zero-order valence-electron chi connectivity index (χ0n) is 37.7. The van der Waals surface area contributed by atoms with Crippen LogP contribution in [-0.2, 0) is 42.3 Å². The first-order valence-corrected chi connectivity index (χ1v) is 21.9. The van der Waals surface area contributed by atoms with Crippen molar-refractivity contribution in [1.82, 2.24) is 20.6 Å². The van der Waals surface area contributed by atoms with Gasteiger partial charge >= 0.3 is 11.9 Å². The predicted molar refractivity (Wildman–Crippen MR) is 246 cm³/mol. The Morgan fingerprint density at radius 1 is 0.651 bits per heavy atom. The third-order valence-corrected chi connectivity index (χ3v) is 10.3. The lowest BCUT2D eigenvalue weighted by Gasteiger charge is -2.26. The number of benzene rings is 4. The number of aromatic nitrogens is 2. The second-order valence-corrected chi connectivity index (χ2v) is 17.8. The minimum absolute atomic E-state index is 0.00442. The van der Waals surface area contributed by atoms with E-state index in [0.29, 0.717) is 18.0 Å². The second-order valence-electron chi connectivity index (χ2n) is 17.8. The van der Waals surface area contributed by atoms with Crippen molar-refractivity contribution in [3.05, 3.63) is 138 Å². The van der Waals surface area contributed by atoms with E-state index in [0.717, 1.165) is 45.6 Å². The van der Waals surface area contributed by atoms with Crippen molar-refractivity contribution in [2.45, 2.75) is 123 Å². The van der Waals surface area contributed by atoms with Crippen LogP contribution in [0.1, 0.15) is 114 Å². The number of carbonyl (C=O) groups excluding carboxylic acids is 4. The van der Waals surface area contributed by atoms with Gasteiger partial charge in [-0.25, -0.2) is 14.8 Å². The molecule has 2 N–H and O–H groups in total. The average Bonchev–Trinajstić information content (AvgIpc) is 3.26. The van der Waals surface area contributed by atoms with Crippen LogP contribution in [0.4, 0.5) is 0 Å². The van der Waals surface area contributed by atoms with Crippen LogP contribution in [0.25, 0.3) is 22.5 Å². The molecule has 0 saturated carbocycles. The first-order chi connectivity index (χ1) is 30.1. The largest absolute Gasteiger partial charge is 0.494 e. The Balaban J connectivity index is 1.30. The van der Waals surface area contributed by atoms with Crippen molar-refractivity contribution in [3.63, 3.8) is 0 Å². The van der Waals surface area contributed by atoms with Gasteiger partial charge in [0.25, 0.3) is 5.91 Å². The smallest absolute Gasteiger partial charge is 0.329 e. The molecule has 11 nitrogen and oxygen atoms in total. The maximum absolute atomic E-state index is 14.2. The number of ether oxygens (including phenoxy) is 3. The molecule has 0 bridgehead atoms. The summed E-state index contributed by atoms with van der Waals surface area (Å²) in [6.45, 7) is 14.2. The molecule has 1 aromatic heterocycles. The lowest BCUT2D eigenvalue weighted by molar-refractivity contribution is -0.162. The lowest BCUT2D eigenvalue weighted by Crippen LogP contribution is -2.54. The van der Waals surface area contributed by atoms with Crippen molar-refractivity contribution >= 4 is 23.8 Å². The summed E-state index contributed by atoms with van der Waals surface area (Å²) in [5, 5.41) is 5.57. The standard InChI is InChI=1S/C52H62N4O7/c1-8-9-10-11-15-30-61-43-28-24-38(25-29-43)41-33-53-47(54-34-41)39-20-18-36(19-21-39)31-44(55-48(58)40-22-26-42(27-23-40)51(2,3)4)49(59)56-45(50(60)63-52(5,6)7)32-46(57)62-35-37-16-13-12-14-17-37/h12-14,16-29,33-34,44-45H,8-11,15,30-32,35H2,1-7H3,(H,55,58)(H,56,59)/t44-,45-/m0/s1. The van der Waals surface area contributed by atoms with Gasteiger partial charge in [0.15, 0.2) is 5.82 Å². The average molecular weight is 855 g/mol. The van der Waals surface area contributed by atoms with Gasteiger partial charge in [-0.3, -0.25) is 14.4 Å². The number of rotatable bonds is 20. The summed E-state index contributed by atoms with van der Waals surface area (Å²) < 4.78 is 17.0. The van der Waals surface area contributed by atoms with Gasteiger partial charge < -0.3 is 24.8 Å². The summed E-state index contributed by atoms with van der Waals surface area (Å²) in [6, 6.07) is 29.1. The van der Waals surface area contributed by atoms with Gasteiger partial charge in [0.1, 0.15) is 30.0 Å². The van der Waals surface area contributed by atoms with E-state index < -0.39 is 47.9 Å². The topological polar surface area (TPSA) is 146 Å². The van der Waals surface area contributed by atoms with Crippen LogP contribution in [0, 0.1) is 0 Å². The Morgan fingerprint density at radius 3 is 1.90 bits per heavy atom. The molecule has 0 radical (unpaired) electrons. The van der Waals surface area contributed by atoms with Gasteiger partial charge in [-0.15, -0.1) is 0 Å². The maximum Gasteiger partial charge on any atom is 0.329 e. The molecule has 1 heterocycles. The van der Waals surface area contributed by atoms with Crippen molar-refractivity contribution in [2.24, 2.45) is 0 Å². The van der Waals surface area contributed by atoms with Crippen molar-refractivity contribution < 1.29 is 33.4 Å². The Labute approximate surface area is 372 Å². The molecule has 2 atom stereocenters. The number of unbranched alkanes of at least 4 members (excludes halogenated alkanes) is 4. The molecule has 4 aromatic carbocycles. The summed E-state index contributed by atoms with van der Waals surface area (Å²) in [6.07, 6.45) is 9.09. The van der Waals surface area contributed by atoms with Gasteiger partial charge in [-0.2, -0.15) is 0 Å². The molecule has 11 heteroatoms. The molecule has 0 unspecified atom stereocenters. The molecule has 5 aromatic rings. The van der Waals surface area contributed by atoms with Crippen LogP contribution in [0.5, 0.6) is 5.75 Å². The molecule has 332 valence electrons. The highest BCUT2D eigenvalue weighted by atomic mass is 16.6. The highest BCUT2D eigenvalue weighted by Crippen LogP contribution is 2.25. The predicted octanol–water partition coefficient (Wildman–Crippen LogP) is 9.76. The molecule has 0 spiro atoms. The first kappa shape index (κ1) is 47.7. The van der Waals surface area contributed by atoms with Crippen LogP contribution in [0.3, 0.4) is 0 Å². The molecule has 0 fully saturated rings. The van der Waals surface area contributed by atoms with E-state index >= 15 is 0 Å². The third kappa shape index (κ3) is 15.5. The third-order valence-electron chi connectivity index (χ3n) is 10.3. The Kier molecular flexibility index (Phi) is 17.1. The SMILES string of the molecule is CCCCCCCOc1ccc(-c2cnc(-c3ccc(C[C@H](NC(=O)c4ccc(C(C)(C)C)cc4)C(=O)N[C@@H](CC(=O)OCc4ccccc4)C(=O)OC(C)(C)C)cc3)nc2)cc1. The highest BCUT2D eigenvalue weighted by molar-refractivity contribution is 5.98. The Hall–Kier alpha value is -6.36. The first-order valence-electron chi connectivity index (χ1n) is 21.9. The molecular formula is C52H62N4O7. The number of hydrogen-bond acceptors (Lipinski definition) is 9. The van der Waals surface area contributed by atoms with Crippen molar-refractivity contribution in [2.75, 3.05) is 6.61 Å². The van der Waals surface area contributed by atoms with Gasteiger partial charge in [0.05, 0.1) is 13.0 Å². The molecule has 0 aliphatic heterocycles. The second kappa shape index (κ2) is 22.6. The van der Waals surface area contributed by atoms with Crippen molar-refractivity contribution in [1.29, 1.82) is 0 Å². The van der Waals surface area contributed by atoms with Crippen LogP contribution >= 0.6 is 0 Å². The van der Waals surface area contributed by atoms with Gasteiger partial charge in [-0.1, -0.05) is 132 Å². The molecule has 0 saturated heterocycles. The van der Waals surface area contributed by atoms with E-state index in [2.05, 4.69) is 48.3 Å². The maximum atomic E-state index is 14.2. The molecule has 0 aliphatic carbocycles. The van der Waals surface area contributed by atoms with Crippen LogP contribution in [-0.4, -0.2) is 58.0 Å². The monoisotopic (exact) mass is 854 g/mol. The van der Waals surface area contributed by atoms with E-state index in [1.165, 1.54) is 25.7 Å². The Bertz CT molecular complexity index is 2230. The highest BCUT2D eigenvalue weighted by Gasteiger charge is 2.32. The normalized spacial score (nSPS) is 12.4. The van der Waals surface area contributed by atoms with Crippen molar-refractivity contribution in [3.8, 4) is 28.3 Å². The fourth-order valence-electron chi connectivity index (χ4n) is 6.67. The molecular weight excluding hydrogens is 793 g/mol. The summed E-state index contributed by atoms with van der Waals surface area (Å²) in [7, 11) is 0. The number of amides is 2. The zero-order valence-corrected chi connectivity index (χ0v) is 37.7. The van der Waals surface area contributed by atoms with E-state index in [1.54, 1.807) is 45.3 Å². The fraction of sp³-hybridized carbons (Fsp3) is 0.385. The van der Waals surface area contributed by atoms with Crippen LogP contribution in [0.2, 0.25) is 0 Å². The van der Waals surface area contributed by atoms with E-state index in [9.17, 15) is 19.2 Å². The van der Waals surface area contributed by atoms with E-state index in [1.807, 2.05) is 91.0 Å². The van der Waals surface area contributed by atoms with E-state index in [4.69, 9.17) is 14.2 Å². The number of nitrogens with one attached hydrogen (secondary N) is 2.